The third kappa shape index (κ3) is 4.26. The monoisotopic (exact) mass is 511 g/mol. The Morgan fingerprint density at radius 2 is 1.95 bits per heavy atom. The Morgan fingerprint density at radius 1 is 1.11 bits per heavy atom. The number of nitrogens with zero attached hydrogens (tertiary/aromatic N) is 3. The molecular formula is C30H26FN3O4. The summed E-state index contributed by atoms with van der Waals surface area (Å²) in [5.41, 5.74) is 5.07. The van der Waals surface area contributed by atoms with Crippen LogP contribution in [0.2, 0.25) is 0 Å². The van der Waals surface area contributed by atoms with Crippen molar-refractivity contribution in [1.82, 2.24) is 14.6 Å². The van der Waals surface area contributed by atoms with Crippen LogP contribution in [0, 0.1) is 12.7 Å². The summed E-state index contributed by atoms with van der Waals surface area (Å²) in [6, 6.07) is 20.6. The number of aryl methyl sites for hydroxylation is 1. The molecule has 0 bridgehead atoms. The lowest BCUT2D eigenvalue weighted by molar-refractivity contribution is -0.147. The van der Waals surface area contributed by atoms with Gasteiger partial charge in [-0.05, 0) is 66.3 Å². The van der Waals surface area contributed by atoms with Gasteiger partial charge in [0.1, 0.15) is 24.5 Å². The molecule has 192 valence electrons. The number of hydrogen-bond donors (Lipinski definition) is 1. The first-order chi connectivity index (χ1) is 18.4. The topological polar surface area (TPSA) is 86.0 Å². The highest BCUT2D eigenvalue weighted by Crippen LogP contribution is 2.38. The highest BCUT2D eigenvalue weighted by molar-refractivity contribution is 5.97. The van der Waals surface area contributed by atoms with Crippen LogP contribution in [0.4, 0.5) is 4.39 Å². The number of rotatable bonds is 6. The summed E-state index contributed by atoms with van der Waals surface area (Å²) < 4.78 is 27.9. The van der Waals surface area contributed by atoms with E-state index >= 15 is 0 Å². The van der Waals surface area contributed by atoms with E-state index in [1.54, 1.807) is 12.4 Å². The first-order valence-corrected chi connectivity index (χ1v) is 12.5. The van der Waals surface area contributed by atoms with E-state index in [0.717, 1.165) is 33.2 Å². The van der Waals surface area contributed by atoms with Crippen molar-refractivity contribution in [2.24, 2.45) is 0 Å². The molecule has 3 heterocycles. The molecule has 1 saturated heterocycles. The minimum atomic E-state index is -1.19. The number of fused-ring (bicyclic) bond motifs is 3. The molecule has 7 nitrogen and oxygen atoms in total. The second kappa shape index (κ2) is 9.54. The maximum Gasteiger partial charge on any atom is 0.314 e. The largest absolute Gasteiger partial charge is 0.489 e. The fraction of sp³-hybridized carbons (Fsp3) is 0.233. The Kier molecular flexibility index (Phi) is 6.04. The number of benzene rings is 3. The van der Waals surface area contributed by atoms with Gasteiger partial charge >= 0.3 is 5.97 Å². The molecule has 0 atom stereocenters. The van der Waals surface area contributed by atoms with Crippen LogP contribution < -0.4 is 4.74 Å². The van der Waals surface area contributed by atoms with Crippen molar-refractivity contribution in [2.45, 2.75) is 31.8 Å². The van der Waals surface area contributed by atoms with E-state index in [0.29, 0.717) is 18.8 Å². The van der Waals surface area contributed by atoms with Crippen LogP contribution in [0.3, 0.4) is 0 Å². The van der Waals surface area contributed by atoms with E-state index in [2.05, 4.69) is 35.3 Å². The molecule has 0 amide bonds. The summed E-state index contributed by atoms with van der Waals surface area (Å²) in [5, 5.41) is 19.4. The average Bonchev–Trinajstić information content (AvgIpc) is 3.40. The van der Waals surface area contributed by atoms with Gasteiger partial charge in [-0.3, -0.25) is 9.20 Å². The van der Waals surface area contributed by atoms with Gasteiger partial charge in [-0.2, -0.15) is 0 Å². The van der Waals surface area contributed by atoms with Crippen molar-refractivity contribution in [3.05, 3.63) is 95.6 Å². The van der Waals surface area contributed by atoms with E-state index in [-0.39, 0.29) is 25.2 Å². The number of aliphatic carboxylic acids is 1. The van der Waals surface area contributed by atoms with E-state index in [9.17, 15) is 14.3 Å². The lowest BCUT2D eigenvalue weighted by Gasteiger charge is -2.33. The second-order valence-electron chi connectivity index (χ2n) is 9.80. The first kappa shape index (κ1) is 24.1. The van der Waals surface area contributed by atoms with Gasteiger partial charge in [0, 0.05) is 24.7 Å². The van der Waals surface area contributed by atoms with Crippen molar-refractivity contribution in [1.29, 1.82) is 0 Å². The summed E-state index contributed by atoms with van der Waals surface area (Å²) in [4.78, 5) is 12.2. The van der Waals surface area contributed by atoms with Crippen LogP contribution in [0.1, 0.15) is 29.5 Å². The summed E-state index contributed by atoms with van der Waals surface area (Å²) >= 11 is 0. The van der Waals surface area contributed by atoms with Gasteiger partial charge in [-0.1, -0.05) is 42.0 Å². The van der Waals surface area contributed by atoms with E-state index in [1.165, 1.54) is 17.7 Å². The lowest BCUT2D eigenvalue weighted by atomic mass is 9.74. The summed E-state index contributed by atoms with van der Waals surface area (Å²) in [7, 11) is 0. The highest BCUT2D eigenvalue weighted by Gasteiger charge is 2.42. The Balaban J connectivity index is 1.34. The van der Waals surface area contributed by atoms with Crippen molar-refractivity contribution in [3.63, 3.8) is 0 Å². The number of pyridine rings is 1. The second-order valence-corrected chi connectivity index (χ2v) is 9.80. The molecule has 8 heteroatoms. The van der Waals surface area contributed by atoms with Gasteiger partial charge in [-0.15, -0.1) is 10.2 Å². The van der Waals surface area contributed by atoms with Crippen LogP contribution in [-0.4, -0.2) is 38.9 Å². The fourth-order valence-electron chi connectivity index (χ4n) is 5.32. The molecule has 0 aliphatic carbocycles. The van der Waals surface area contributed by atoms with Crippen molar-refractivity contribution in [2.75, 3.05) is 13.2 Å². The molecule has 2 aromatic heterocycles. The van der Waals surface area contributed by atoms with Crippen molar-refractivity contribution >= 4 is 22.5 Å². The van der Waals surface area contributed by atoms with Crippen LogP contribution in [0.25, 0.3) is 27.7 Å². The summed E-state index contributed by atoms with van der Waals surface area (Å²) in [6.07, 6.45) is 2.25. The van der Waals surface area contributed by atoms with Crippen molar-refractivity contribution in [3.8, 4) is 16.9 Å². The molecule has 0 unspecified atom stereocenters. The molecule has 5 aromatic rings. The van der Waals surface area contributed by atoms with E-state index < -0.39 is 17.2 Å². The van der Waals surface area contributed by atoms with E-state index in [4.69, 9.17) is 9.47 Å². The van der Waals surface area contributed by atoms with Crippen LogP contribution in [0.5, 0.6) is 5.75 Å². The molecule has 1 fully saturated rings. The SMILES string of the molecule is Cc1cccc(-c2cc3nncn3c3cc(COc4cc(F)cc(C5(C(=O)O)CCOCC5)c4)ccc23)c1. The molecule has 6 rings (SSSR count). The van der Waals surface area contributed by atoms with Gasteiger partial charge < -0.3 is 14.6 Å². The normalized spacial score (nSPS) is 15.1. The number of carbonyl (C=O) groups is 1. The van der Waals surface area contributed by atoms with Gasteiger partial charge in [0.15, 0.2) is 5.65 Å². The number of aromatic nitrogens is 3. The third-order valence-corrected chi connectivity index (χ3v) is 7.37. The van der Waals surface area contributed by atoms with Gasteiger partial charge in [0.25, 0.3) is 0 Å². The predicted octanol–water partition coefficient (Wildman–Crippen LogP) is 5.71. The number of carboxylic acid groups (broad SMARTS) is 1. The Hall–Kier alpha value is -4.30. The average molecular weight is 512 g/mol. The number of ether oxygens (including phenoxy) is 2. The first-order valence-electron chi connectivity index (χ1n) is 12.5. The highest BCUT2D eigenvalue weighted by atomic mass is 19.1. The minimum absolute atomic E-state index is 0.181. The number of halogens is 1. The molecule has 3 aromatic carbocycles. The molecule has 38 heavy (non-hydrogen) atoms. The molecule has 1 aliphatic rings. The zero-order valence-corrected chi connectivity index (χ0v) is 20.9. The number of carboxylic acids is 1. The molecule has 1 aliphatic heterocycles. The van der Waals surface area contributed by atoms with Crippen LogP contribution in [-0.2, 0) is 21.6 Å². The van der Waals surface area contributed by atoms with Crippen LogP contribution >= 0.6 is 0 Å². The summed E-state index contributed by atoms with van der Waals surface area (Å²) in [6.45, 7) is 2.88. The zero-order valence-electron chi connectivity index (χ0n) is 20.9. The molecular weight excluding hydrogens is 485 g/mol. The summed E-state index contributed by atoms with van der Waals surface area (Å²) in [5.74, 6) is -1.22. The van der Waals surface area contributed by atoms with Gasteiger partial charge in [-0.25, -0.2) is 4.39 Å². The Morgan fingerprint density at radius 3 is 2.74 bits per heavy atom. The Labute approximate surface area is 218 Å². The molecule has 0 radical (unpaired) electrons. The lowest BCUT2D eigenvalue weighted by Crippen LogP contribution is -2.41. The molecule has 1 N–H and O–H groups in total. The quantitative estimate of drug-likeness (QED) is 0.314. The fourth-order valence-corrected chi connectivity index (χ4v) is 5.32. The molecule has 0 spiro atoms. The molecule has 0 saturated carbocycles. The smallest absolute Gasteiger partial charge is 0.314 e. The number of hydrogen-bond acceptors (Lipinski definition) is 5. The maximum absolute atomic E-state index is 14.6. The van der Waals surface area contributed by atoms with Crippen molar-refractivity contribution < 1.29 is 23.8 Å². The standard InChI is InChI=1S/C30H26FN3O4/c1-19-3-2-4-21(11-19)26-16-28-33-32-18-34(28)27-12-20(5-6-25(26)27)17-38-24-14-22(13-23(31)15-24)30(29(35)36)7-9-37-10-8-30/h2-6,11-16,18H,7-10,17H2,1H3,(H,35,36). The predicted molar refractivity (Wildman–Crippen MR) is 141 cm³/mol. The van der Waals surface area contributed by atoms with Gasteiger partial charge in [0.2, 0.25) is 0 Å². The van der Waals surface area contributed by atoms with Crippen LogP contribution in [0.15, 0.2) is 73.1 Å². The minimum Gasteiger partial charge on any atom is -0.489 e. The zero-order chi connectivity index (χ0) is 26.3. The van der Waals surface area contributed by atoms with E-state index in [1.807, 2.05) is 34.7 Å². The Bertz CT molecular complexity index is 1670. The van der Waals surface area contributed by atoms with Gasteiger partial charge in [0.05, 0.1) is 10.9 Å². The third-order valence-electron chi connectivity index (χ3n) is 7.37. The maximum atomic E-state index is 14.6.